The minimum atomic E-state index is -0.140. The number of thiazole rings is 1. The van der Waals surface area contributed by atoms with Crippen LogP contribution < -0.4 is 5.32 Å². The van der Waals surface area contributed by atoms with Crippen molar-refractivity contribution >= 4 is 56.2 Å². The Balaban J connectivity index is 0.00000218. The van der Waals surface area contributed by atoms with Crippen molar-refractivity contribution in [2.24, 2.45) is 7.05 Å². The summed E-state index contributed by atoms with van der Waals surface area (Å²) in [5, 5.41) is 9.14. The maximum atomic E-state index is 12.9. The summed E-state index contributed by atoms with van der Waals surface area (Å²) < 4.78 is 2.76. The molecule has 5 rings (SSSR count). The molecule has 4 heterocycles. The van der Waals surface area contributed by atoms with Crippen LogP contribution in [0.3, 0.4) is 0 Å². The van der Waals surface area contributed by atoms with Crippen LogP contribution in [-0.4, -0.2) is 38.7 Å². The van der Waals surface area contributed by atoms with Crippen LogP contribution in [-0.2, 0) is 20.0 Å². The number of likely N-dealkylation sites (N-methyl/N-ethyl adjacent to an activating group) is 1. The number of fused-ring (bicyclic) bond motifs is 2. The molecule has 9 heteroatoms. The van der Waals surface area contributed by atoms with Crippen LogP contribution in [0.2, 0.25) is 0 Å². The molecule has 156 valence electrons. The van der Waals surface area contributed by atoms with Gasteiger partial charge in [0, 0.05) is 36.8 Å². The molecule has 3 aromatic heterocycles. The number of benzene rings is 1. The highest BCUT2D eigenvalue weighted by Crippen LogP contribution is 2.45. The van der Waals surface area contributed by atoms with E-state index < -0.39 is 0 Å². The molecule has 0 aliphatic carbocycles. The molecule has 0 radical (unpaired) electrons. The van der Waals surface area contributed by atoms with Crippen LogP contribution in [0.1, 0.15) is 27.9 Å². The average molecular weight is 460 g/mol. The Morgan fingerprint density at radius 1 is 1.23 bits per heavy atom. The van der Waals surface area contributed by atoms with E-state index in [-0.39, 0.29) is 18.3 Å². The Hall–Kier alpha value is -2.26. The second kappa shape index (κ2) is 8.47. The lowest BCUT2D eigenvalue weighted by atomic mass is 10.0. The van der Waals surface area contributed by atoms with E-state index in [0.717, 1.165) is 51.8 Å². The van der Waals surface area contributed by atoms with Crippen molar-refractivity contribution < 1.29 is 4.79 Å². The summed E-state index contributed by atoms with van der Waals surface area (Å²) in [5.41, 5.74) is 3.97. The maximum Gasteiger partial charge on any atom is 0.274 e. The molecule has 1 aliphatic heterocycles. The van der Waals surface area contributed by atoms with E-state index in [1.807, 2.05) is 18.2 Å². The van der Waals surface area contributed by atoms with Gasteiger partial charge in [-0.15, -0.1) is 35.1 Å². The van der Waals surface area contributed by atoms with Gasteiger partial charge < -0.3 is 5.32 Å². The number of amides is 1. The van der Waals surface area contributed by atoms with Gasteiger partial charge >= 0.3 is 0 Å². The maximum absolute atomic E-state index is 12.9. The zero-order valence-electron chi connectivity index (χ0n) is 16.7. The van der Waals surface area contributed by atoms with Crippen molar-refractivity contribution in [1.29, 1.82) is 0 Å². The third-order valence-electron chi connectivity index (χ3n) is 5.37. The minimum Gasteiger partial charge on any atom is -0.312 e. The van der Waals surface area contributed by atoms with Crippen molar-refractivity contribution in [3.63, 3.8) is 0 Å². The van der Waals surface area contributed by atoms with Crippen LogP contribution in [0.25, 0.3) is 20.8 Å². The topological polar surface area (TPSA) is 63.1 Å². The van der Waals surface area contributed by atoms with Crippen LogP contribution >= 0.6 is 35.1 Å². The molecule has 1 aliphatic rings. The molecule has 6 nitrogen and oxygen atoms in total. The lowest BCUT2D eigenvalue weighted by molar-refractivity contribution is 0.101. The predicted molar refractivity (Wildman–Crippen MR) is 126 cm³/mol. The van der Waals surface area contributed by atoms with E-state index in [9.17, 15) is 4.79 Å². The fraction of sp³-hybridized carbons (Fsp3) is 0.286. The highest BCUT2D eigenvalue weighted by Gasteiger charge is 2.27. The molecule has 4 aromatic rings. The van der Waals surface area contributed by atoms with Gasteiger partial charge in [-0.2, -0.15) is 5.10 Å². The SMILES string of the molecule is CCN1CCc2c(sc(NC(=O)c3ccnn3C)c2-c2nc3ccccc3s2)C1.Cl. The molecule has 0 fully saturated rings. The van der Waals surface area contributed by atoms with Crippen molar-refractivity contribution in [2.75, 3.05) is 18.4 Å². The van der Waals surface area contributed by atoms with E-state index in [1.54, 1.807) is 46.7 Å². The molecule has 0 unspecified atom stereocenters. The molecule has 0 saturated carbocycles. The molecule has 0 atom stereocenters. The predicted octanol–water partition coefficient (Wildman–Crippen LogP) is 4.81. The molecule has 30 heavy (non-hydrogen) atoms. The summed E-state index contributed by atoms with van der Waals surface area (Å²) in [5.74, 6) is -0.140. The first-order valence-electron chi connectivity index (χ1n) is 9.66. The van der Waals surface area contributed by atoms with E-state index in [1.165, 1.54) is 10.4 Å². The van der Waals surface area contributed by atoms with Crippen LogP contribution in [0, 0.1) is 0 Å². The van der Waals surface area contributed by atoms with E-state index in [4.69, 9.17) is 4.98 Å². The number of hydrogen-bond donors (Lipinski definition) is 1. The quantitative estimate of drug-likeness (QED) is 0.475. The van der Waals surface area contributed by atoms with E-state index >= 15 is 0 Å². The lowest BCUT2D eigenvalue weighted by Crippen LogP contribution is -2.29. The molecular weight excluding hydrogens is 438 g/mol. The minimum absolute atomic E-state index is 0. The van der Waals surface area contributed by atoms with Crippen molar-refractivity contribution in [3.8, 4) is 10.6 Å². The molecule has 1 aromatic carbocycles. The lowest BCUT2D eigenvalue weighted by Gasteiger charge is -2.25. The van der Waals surface area contributed by atoms with Gasteiger partial charge in [0.2, 0.25) is 0 Å². The number of hydrogen-bond acceptors (Lipinski definition) is 6. The highest BCUT2D eigenvalue weighted by molar-refractivity contribution is 7.22. The van der Waals surface area contributed by atoms with Crippen molar-refractivity contribution in [1.82, 2.24) is 19.7 Å². The number of anilines is 1. The van der Waals surface area contributed by atoms with Gasteiger partial charge in [0.1, 0.15) is 15.7 Å². The standard InChI is InChI=1S/C21H21N5OS2.ClH/c1-3-26-11-9-13-17(12-26)29-21(24-19(27)15-8-10-22-25(15)2)18(13)20-23-14-6-4-5-7-16(14)28-20;/h4-8,10H,3,9,11-12H2,1-2H3,(H,24,27);1H. The van der Waals surface area contributed by atoms with E-state index in [2.05, 4.69) is 28.3 Å². The summed E-state index contributed by atoms with van der Waals surface area (Å²) in [6.07, 6.45) is 2.62. The Morgan fingerprint density at radius 2 is 2.07 bits per heavy atom. The third-order valence-corrected chi connectivity index (χ3v) is 7.56. The number of halogens is 1. The number of nitrogens with one attached hydrogen (secondary N) is 1. The summed E-state index contributed by atoms with van der Waals surface area (Å²) in [4.78, 5) is 21.6. The number of aromatic nitrogens is 3. The largest absolute Gasteiger partial charge is 0.312 e. The first-order chi connectivity index (χ1) is 14.1. The Bertz CT molecular complexity index is 1180. The third kappa shape index (κ3) is 3.65. The molecular formula is C21H22ClN5OS2. The summed E-state index contributed by atoms with van der Waals surface area (Å²) in [6.45, 7) is 5.19. The van der Waals surface area contributed by atoms with Crippen LogP contribution in [0.5, 0.6) is 0 Å². The van der Waals surface area contributed by atoms with Crippen LogP contribution in [0.4, 0.5) is 5.00 Å². The number of carbonyl (C=O) groups excluding carboxylic acids is 1. The van der Waals surface area contributed by atoms with Crippen molar-refractivity contribution in [3.05, 3.63) is 52.7 Å². The number of nitrogens with zero attached hydrogens (tertiary/aromatic N) is 4. The Labute approximate surface area is 189 Å². The molecule has 0 saturated heterocycles. The van der Waals surface area contributed by atoms with Gasteiger partial charge in [0.15, 0.2) is 0 Å². The van der Waals surface area contributed by atoms with Gasteiger partial charge in [-0.1, -0.05) is 19.1 Å². The number of aryl methyl sites for hydroxylation is 1. The molecule has 0 spiro atoms. The number of thiophene rings is 1. The number of carbonyl (C=O) groups is 1. The summed E-state index contributed by atoms with van der Waals surface area (Å²) in [6, 6.07) is 9.93. The van der Waals surface area contributed by atoms with E-state index in [0.29, 0.717) is 5.69 Å². The molecule has 1 amide bonds. The molecule has 0 bridgehead atoms. The summed E-state index contributed by atoms with van der Waals surface area (Å²) >= 11 is 3.37. The normalized spacial score (nSPS) is 13.8. The summed E-state index contributed by atoms with van der Waals surface area (Å²) in [7, 11) is 1.78. The number of para-hydroxylation sites is 1. The smallest absolute Gasteiger partial charge is 0.274 e. The first-order valence-corrected chi connectivity index (χ1v) is 11.3. The fourth-order valence-electron chi connectivity index (χ4n) is 3.78. The first kappa shape index (κ1) is 21.0. The number of rotatable bonds is 4. The van der Waals surface area contributed by atoms with Gasteiger partial charge in [-0.3, -0.25) is 14.4 Å². The van der Waals surface area contributed by atoms with Gasteiger partial charge in [-0.25, -0.2) is 4.98 Å². The Kier molecular flexibility index (Phi) is 5.92. The zero-order valence-corrected chi connectivity index (χ0v) is 19.2. The van der Waals surface area contributed by atoms with Gasteiger partial charge in [-0.05, 0) is 36.7 Å². The second-order valence-electron chi connectivity index (χ2n) is 7.11. The highest BCUT2D eigenvalue weighted by atomic mass is 35.5. The average Bonchev–Trinajstić information content (AvgIpc) is 3.42. The zero-order chi connectivity index (χ0) is 20.0. The Morgan fingerprint density at radius 3 is 2.80 bits per heavy atom. The second-order valence-corrected chi connectivity index (χ2v) is 9.24. The molecule has 1 N–H and O–H groups in total. The fourth-order valence-corrected chi connectivity index (χ4v) is 6.18. The van der Waals surface area contributed by atoms with Gasteiger partial charge in [0.25, 0.3) is 5.91 Å². The van der Waals surface area contributed by atoms with Crippen LogP contribution in [0.15, 0.2) is 36.5 Å². The monoisotopic (exact) mass is 459 g/mol. The van der Waals surface area contributed by atoms with Gasteiger partial charge in [0.05, 0.1) is 10.2 Å². The van der Waals surface area contributed by atoms with Crippen molar-refractivity contribution in [2.45, 2.75) is 19.9 Å².